The number of halogens is 3. The van der Waals surface area contributed by atoms with Crippen LogP contribution in [0.1, 0.15) is 29.8 Å². The number of pyridine rings is 1. The molecule has 0 amide bonds. The lowest BCUT2D eigenvalue weighted by Gasteiger charge is -2.13. The molecule has 7 heteroatoms. The van der Waals surface area contributed by atoms with Gasteiger partial charge in [-0.1, -0.05) is 0 Å². The Bertz CT molecular complexity index is 778. The monoisotopic (exact) mass is 313 g/mol. The first-order valence-corrected chi connectivity index (χ1v) is 6.71. The summed E-state index contributed by atoms with van der Waals surface area (Å²) in [6.45, 7) is 3.81. The van der Waals surface area contributed by atoms with Crippen LogP contribution in [-0.4, -0.2) is 17.1 Å². The van der Waals surface area contributed by atoms with Crippen molar-refractivity contribution in [1.82, 2.24) is 4.57 Å². The van der Waals surface area contributed by atoms with Gasteiger partial charge in [0, 0.05) is 18.1 Å². The largest absolute Gasteiger partial charge is 0.462 e. The Morgan fingerprint density at radius 1 is 1.27 bits per heavy atom. The first-order chi connectivity index (χ1) is 10.3. The molecule has 118 valence electrons. The van der Waals surface area contributed by atoms with Crippen molar-refractivity contribution in [2.45, 2.75) is 26.6 Å². The lowest BCUT2D eigenvalue weighted by atomic mass is 10.1. The van der Waals surface area contributed by atoms with Crippen molar-refractivity contribution < 1.29 is 22.7 Å². The first-order valence-electron chi connectivity index (χ1n) is 6.71. The second-order valence-corrected chi connectivity index (χ2v) is 4.61. The molecule has 22 heavy (non-hydrogen) atoms. The van der Waals surface area contributed by atoms with Gasteiger partial charge in [-0.25, -0.2) is 4.79 Å². The third kappa shape index (κ3) is 2.84. The second kappa shape index (κ2) is 5.82. The number of aromatic nitrogens is 1. The molecule has 0 bridgehead atoms. The molecule has 4 nitrogen and oxygen atoms in total. The zero-order chi connectivity index (χ0) is 16.5. The van der Waals surface area contributed by atoms with E-state index in [1.165, 1.54) is 12.3 Å². The third-order valence-electron chi connectivity index (χ3n) is 3.24. The fourth-order valence-corrected chi connectivity index (χ4v) is 2.19. The van der Waals surface area contributed by atoms with E-state index in [1.54, 1.807) is 18.4 Å². The van der Waals surface area contributed by atoms with Crippen molar-refractivity contribution in [1.29, 1.82) is 0 Å². The van der Waals surface area contributed by atoms with Crippen molar-refractivity contribution in [3.63, 3.8) is 0 Å². The maximum atomic E-state index is 12.8. The fourth-order valence-electron chi connectivity index (χ4n) is 2.19. The average Bonchev–Trinajstić information content (AvgIpc) is 2.46. The maximum Gasteiger partial charge on any atom is 0.416 e. The van der Waals surface area contributed by atoms with Gasteiger partial charge in [-0.3, -0.25) is 4.79 Å². The first kappa shape index (κ1) is 16.1. The van der Waals surface area contributed by atoms with Crippen LogP contribution in [0, 0.1) is 0 Å². The molecule has 2 aromatic rings. The Morgan fingerprint density at radius 2 is 1.95 bits per heavy atom. The third-order valence-corrected chi connectivity index (χ3v) is 3.24. The molecule has 0 radical (unpaired) electrons. The number of esters is 1. The molecule has 0 atom stereocenters. The Morgan fingerprint density at radius 3 is 2.50 bits per heavy atom. The van der Waals surface area contributed by atoms with Gasteiger partial charge in [-0.2, -0.15) is 13.2 Å². The van der Waals surface area contributed by atoms with Crippen LogP contribution in [0.3, 0.4) is 0 Å². The molecule has 0 aliphatic carbocycles. The number of nitrogens with zero attached hydrogens (tertiary/aromatic N) is 1. The van der Waals surface area contributed by atoms with Gasteiger partial charge in [0.25, 0.3) is 0 Å². The van der Waals surface area contributed by atoms with E-state index in [-0.39, 0.29) is 17.6 Å². The van der Waals surface area contributed by atoms with Crippen LogP contribution in [-0.2, 0) is 17.5 Å². The predicted molar refractivity (Wildman–Crippen MR) is 74.8 cm³/mol. The van der Waals surface area contributed by atoms with E-state index in [9.17, 15) is 22.8 Å². The number of hydrogen-bond donors (Lipinski definition) is 0. The Hall–Kier alpha value is -2.31. The topological polar surface area (TPSA) is 48.3 Å². The van der Waals surface area contributed by atoms with Crippen LogP contribution < -0.4 is 5.43 Å². The van der Waals surface area contributed by atoms with Crippen LogP contribution in [0.4, 0.5) is 13.2 Å². The minimum Gasteiger partial charge on any atom is -0.462 e. The lowest BCUT2D eigenvalue weighted by molar-refractivity contribution is -0.137. The summed E-state index contributed by atoms with van der Waals surface area (Å²) < 4.78 is 44.8. The summed E-state index contributed by atoms with van der Waals surface area (Å²) in [5, 5.41) is -0.151. The lowest BCUT2D eigenvalue weighted by Crippen LogP contribution is -2.21. The molecule has 0 N–H and O–H groups in total. The van der Waals surface area contributed by atoms with E-state index in [1.807, 2.05) is 0 Å². The summed E-state index contributed by atoms with van der Waals surface area (Å²) >= 11 is 0. The van der Waals surface area contributed by atoms with Gasteiger partial charge in [0.05, 0.1) is 17.7 Å². The van der Waals surface area contributed by atoms with Crippen molar-refractivity contribution in [3.8, 4) is 0 Å². The van der Waals surface area contributed by atoms with E-state index in [4.69, 9.17) is 4.74 Å². The van der Waals surface area contributed by atoms with Crippen LogP contribution >= 0.6 is 0 Å². The van der Waals surface area contributed by atoms with Crippen LogP contribution in [0.25, 0.3) is 10.9 Å². The highest BCUT2D eigenvalue weighted by Crippen LogP contribution is 2.30. The van der Waals surface area contributed by atoms with Gasteiger partial charge >= 0.3 is 12.1 Å². The van der Waals surface area contributed by atoms with Crippen LogP contribution in [0.5, 0.6) is 0 Å². The summed E-state index contributed by atoms with van der Waals surface area (Å²) in [6, 6.07) is 2.92. The van der Waals surface area contributed by atoms with Gasteiger partial charge in [0.15, 0.2) is 0 Å². The quantitative estimate of drug-likeness (QED) is 0.818. The van der Waals surface area contributed by atoms with Gasteiger partial charge in [0.1, 0.15) is 5.56 Å². The van der Waals surface area contributed by atoms with E-state index < -0.39 is 23.1 Å². The zero-order valence-electron chi connectivity index (χ0n) is 12.0. The molecule has 2 rings (SSSR count). The van der Waals surface area contributed by atoms with E-state index in [2.05, 4.69) is 0 Å². The summed E-state index contributed by atoms with van der Waals surface area (Å²) in [6.07, 6.45) is -3.24. The highest BCUT2D eigenvalue weighted by Gasteiger charge is 2.31. The van der Waals surface area contributed by atoms with E-state index in [0.29, 0.717) is 12.1 Å². The summed E-state index contributed by atoms with van der Waals surface area (Å²) in [7, 11) is 0. The number of benzene rings is 1. The van der Waals surface area contributed by atoms with Crippen molar-refractivity contribution in [2.24, 2.45) is 0 Å². The number of ether oxygens (including phenoxy) is 1. The molecule has 0 saturated heterocycles. The Kier molecular flexibility index (Phi) is 4.25. The average molecular weight is 313 g/mol. The predicted octanol–water partition coefficient (Wildman–Crippen LogP) is 3.22. The molecule has 1 heterocycles. The molecule has 0 aliphatic heterocycles. The molecule has 0 spiro atoms. The fraction of sp³-hybridized carbons (Fsp3) is 0.333. The van der Waals surface area contributed by atoms with Gasteiger partial charge < -0.3 is 9.30 Å². The van der Waals surface area contributed by atoms with Crippen molar-refractivity contribution in [3.05, 3.63) is 45.7 Å². The maximum absolute atomic E-state index is 12.8. The standard InChI is InChI=1S/C15H14F3NO3/c1-3-19-8-11(14(21)22-4-2)13(20)10-7-9(15(16,17)18)5-6-12(10)19/h5-8H,3-4H2,1-2H3. The Labute approximate surface area is 124 Å². The van der Waals surface area contributed by atoms with E-state index >= 15 is 0 Å². The number of carbonyl (C=O) groups excluding carboxylic acids is 1. The zero-order valence-corrected chi connectivity index (χ0v) is 12.0. The number of aryl methyl sites for hydroxylation is 1. The van der Waals surface area contributed by atoms with Crippen molar-refractivity contribution in [2.75, 3.05) is 6.61 Å². The number of carbonyl (C=O) groups is 1. The number of hydrogen-bond acceptors (Lipinski definition) is 3. The highest BCUT2D eigenvalue weighted by molar-refractivity contribution is 5.94. The molecule has 0 aliphatic rings. The number of rotatable bonds is 3. The highest BCUT2D eigenvalue weighted by atomic mass is 19.4. The van der Waals surface area contributed by atoms with Crippen LogP contribution in [0.2, 0.25) is 0 Å². The number of fused-ring (bicyclic) bond motifs is 1. The van der Waals surface area contributed by atoms with Gasteiger partial charge in [0.2, 0.25) is 5.43 Å². The van der Waals surface area contributed by atoms with Gasteiger partial charge in [-0.05, 0) is 32.0 Å². The van der Waals surface area contributed by atoms with Crippen molar-refractivity contribution >= 4 is 16.9 Å². The number of alkyl halides is 3. The molecular formula is C15H14F3NO3. The summed E-state index contributed by atoms with van der Waals surface area (Å²) in [4.78, 5) is 24.1. The molecule has 0 saturated carbocycles. The molecular weight excluding hydrogens is 299 g/mol. The molecule has 0 unspecified atom stereocenters. The second-order valence-electron chi connectivity index (χ2n) is 4.61. The minimum absolute atomic E-state index is 0.0744. The molecule has 0 fully saturated rings. The SMILES string of the molecule is CCOC(=O)c1cn(CC)c2ccc(C(F)(F)F)cc2c1=O. The Balaban J connectivity index is 2.78. The smallest absolute Gasteiger partial charge is 0.416 e. The molecule has 1 aromatic carbocycles. The summed E-state index contributed by atoms with van der Waals surface area (Å²) in [5.41, 5.74) is -1.62. The summed E-state index contributed by atoms with van der Waals surface area (Å²) in [5.74, 6) is -0.839. The molecule has 1 aromatic heterocycles. The van der Waals surface area contributed by atoms with E-state index in [0.717, 1.165) is 12.1 Å². The normalized spacial score (nSPS) is 11.7. The minimum atomic E-state index is -4.56. The van der Waals surface area contributed by atoms with Gasteiger partial charge in [-0.15, -0.1) is 0 Å². The van der Waals surface area contributed by atoms with Crippen LogP contribution in [0.15, 0.2) is 29.2 Å².